The Bertz CT molecular complexity index is 238. The monoisotopic (exact) mass is 218 g/mol. The molecule has 1 fully saturated rings. The average Bonchev–Trinajstić information content (AvgIpc) is 2.98. The Morgan fingerprint density at radius 2 is 1.40 bits per heavy atom. The molecule has 0 radical (unpaired) electrons. The Hall–Kier alpha value is -0.823. The second-order valence-electron chi connectivity index (χ2n) is 4.58. The number of allylic oxidation sites excluding steroid dienone is 4. The van der Waals surface area contributed by atoms with Crippen LogP contribution in [0, 0.1) is 5.92 Å². The standard InChI is InChI=1S/C14H22Si/c1-5-9-15(10-6-2,11-7-3)14-12-13(14)8-4/h5-8,13-14H,1-4,9-12H2. The molecule has 0 aliphatic heterocycles. The zero-order valence-corrected chi connectivity index (χ0v) is 10.6. The first-order chi connectivity index (χ1) is 7.24. The van der Waals surface area contributed by atoms with Crippen LogP contribution in [0.4, 0.5) is 0 Å². The van der Waals surface area contributed by atoms with E-state index in [2.05, 4.69) is 50.6 Å². The fourth-order valence-electron chi connectivity index (χ4n) is 2.75. The minimum Gasteiger partial charge on any atom is -0.103 e. The highest BCUT2D eigenvalue weighted by molar-refractivity contribution is 6.83. The Kier molecular flexibility index (Phi) is 4.34. The molecule has 0 bridgehead atoms. The van der Waals surface area contributed by atoms with Crippen molar-refractivity contribution in [2.45, 2.75) is 30.1 Å². The van der Waals surface area contributed by atoms with E-state index in [0.29, 0.717) is 0 Å². The predicted octanol–water partition coefficient (Wildman–Crippen LogP) is 4.57. The summed E-state index contributed by atoms with van der Waals surface area (Å²) in [6, 6.07) is 3.58. The first-order valence-electron chi connectivity index (χ1n) is 5.69. The van der Waals surface area contributed by atoms with Crippen LogP contribution in [0.3, 0.4) is 0 Å². The largest absolute Gasteiger partial charge is 0.103 e. The van der Waals surface area contributed by atoms with Gasteiger partial charge in [0.05, 0.1) is 8.07 Å². The molecule has 1 aliphatic rings. The summed E-state index contributed by atoms with van der Waals surface area (Å²) < 4.78 is 0. The van der Waals surface area contributed by atoms with Crippen LogP contribution in [0.25, 0.3) is 0 Å². The van der Waals surface area contributed by atoms with Gasteiger partial charge in [-0.2, -0.15) is 0 Å². The molecular weight excluding hydrogens is 196 g/mol. The molecule has 82 valence electrons. The minimum absolute atomic E-state index is 0.761. The second-order valence-corrected chi connectivity index (χ2v) is 9.27. The summed E-state index contributed by atoms with van der Waals surface area (Å²) >= 11 is 0. The third-order valence-corrected chi connectivity index (χ3v) is 9.12. The van der Waals surface area contributed by atoms with E-state index in [9.17, 15) is 0 Å². The van der Waals surface area contributed by atoms with Crippen molar-refractivity contribution in [3.8, 4) is 0 Å². The van der Waals surface area contributed by atoms with Crippen molar-refractivity contribution in [3.63, 3.8) is 0 Å². The van der Waals surface area contributed by atoms with Crippen LogP contribution in [-0.2, 0) is 0 Å². The van der Waals surface area contributed by atoms with Crippen LogP contribution >= 0.6 is 0 Å². The smallest absolute Gasteiger partial charge is 0.0685 e. The van der Waals surface area contributed by atoms with Crippen molar-refractivity contribution in [3.05, 3.63) is 50.6 Å². The molecule has 0 nitrogen and oxygen atoms in total. The van der Waals surface area contributed by atoms with Crippen molar-refractivity contribution in [2.75, 3.05) is 0 Å². The van der Waals surface area contributed by atoms with Crippen molar-refractivity contribution in [1.29, 1.82) is 0 Å². The normalized spacial score (nSPS) is 24.3. The van der Waals surface area contributed by atoms with E-state index in [4.69, 9.17) is 0 Å². The fourth-order valence-corrected chi connectivity index (χ4v) is 7.70. The summed E-state index contributed by atoms with van der Waals surface area (Å²) in [5.41, 5.74) is 0.893. The SMILES string of the molecule is C=CC[Si](CC=C)(CC=C)C1CC1C=C. The van der Waals surface area contributed by atoms with E-state index in [-0.39, 0.29) is 0 Å². The van der Waals surface area contributed by atoms with Crippen molar-refractivity contribution in [2.24, 2.45) is 5.92 Å². The lowest BCUT2D eigenvalue weighted by Crippen LogP contribution is -2.33. The van der Waals surface area contributed by atoms with Crippen molar-refractivity contribution < 1.29 is 0 Å². The minimum atomic E-state index is -1.27. The van der Waals surface area contributed by atoms with Gasteiger partial charge >= 0.3 is 0 Å². The van der Waals surface area contributed by atoms with Gasteiger partial charge in [-0.15, -0.1) is 26.3 Å². The first kappa shape index (κ1) is 12.2. The number of hydrogen-bond donors (Lipinski definition) is 0. The molecule has 0 heterocycles. The van der Waals surface area contributed by atoms with Crippen LogP contribution in [0.5, 0.6) is 0 Å². The van der Waals surface area contributed by atoms with Gasteiger partial charge in [0.15, 0.2) is 0 Å². The average molecular weight is 218 g/mol. The summed E-state index contributed by atoms with van der Waals surface area (Å²) in [6.45, 7) is 15.6. The zero-order chi connectivity index (χ0) is 11.3. The van der Waals surface area contributed by atoms with Crippen LogP contribution in [0.1, 0.15) is 6.42 Å². The maximum absolute atomic E-state index is 3.91. The quantitative estimate of drug-likeness (QED) is 0.413. The molecule has 15 heavy (non-hydrogen) atoms. The van der Waals surface area contributed by atoms with E-state index in [1.165, 1.54) is 24.6 Å². The third kappa shape index (κ3) is 2.60. The van der Waals surface area contributed by atoms with Crippen LogP contribution in [0.15, 0.2) is 50.6 Å². The van der Waals surface area contributed by atoms with Crippen molar-refractivity contribution in [1.82, 2.24) is 0 Å². The molecule has 2 atom stereocenters. The highest BCUT2D eigenvalue weighted by Crippen LogP contribution is 2.56. The topological polar surface area (TPSA) is 0 Å². The van der Waals surface area contributed by atoms with Gasteiger partial charge in [-0.25, -0.2) is 0 Å². The fraction of sp³-hybridized carbons (Fsp3) is 0.429. The number of hydrogen-bond acceptors (Lipinski definition) is 0. The summed E-state index contributed by atoms with van der Waals surface area (Å²) in [6.07, 6.45) is 9.75. The predicted molar refractivity (Wildman–Crippen MR) is 72.8 cm³/mol. The van der Waals surface area contributed by atoms with Gasteiger partial charge in [-0.05, 0) is 36.0 Å². The van der Waals surface area contributed by atoms with E-state index >= 15 is 0 Å². The Balaban J connectivity index is 2.80. The molecule has 1 aliphatic carbocycles. The third-order valence-electron chi connectivity index (χ3n) is 3.58. The van der Waals surface area contributed by atoms with Gasteiger partial charge in [-0.1, -0.05) is 24.3 Å². The van der Waals surface area contributed by atoms with Crippen LogP contribution in [-0.4, -0.2) is 8.07 Å². The Morgan fingerprint density at radius 1 is 0.933 bits per heavy atom. The van der Waals surface area contributed by atoms with E-state index in [1.54, 1.807) is 0 Å². The molecule has 1 heteroatoms. The van der Waals surface area contributed by atoms with E-state index in [0.717, 1.165) is 11.5 Å². The van der Waals surface area contributed by atoms with Gasteiger partial charge in [-0.3, -0.25) is 0 Å². The molecule has 1 saturated carbocycles. The van der Waals surface area contributed by atoms with Gasteiger partial charge in [0, 0.05) is 0 Å². The lowest BCUT2D eigenvalue weighted by molar-refractivity contribution is 1.08. The van der Waals surface area contributed by atoms with Crippen LogP contribution < -0.4 is 0 Å². The Labute approximate surface area is 95.1 Å². The molecule has 0 spiro atoms. The molecule has 0 saturated heterocycles. The molecule has 0 aromatic heterocycles. The summed E-state index contributed by atoms with van der Waals surface area (Å²) in [4.78, 5) is 0. The summed E-state index contributed by atoms with van der Waals surface area (Å²) in [5.74, 6) is 0.761. The summed E-state index contributed by atoms with van der Waals surface area (Å²) in [7, 11) is -1.27. The second kappa shape index (κ2) is 5.31. The molecule has 0 N–H and O–H groups in total. The highest BCUT2D eigenvalue weighted by atomic mass is 28.3. The maximum Gasteiger partial charge on any atom is 0.0685 e. The lowest BCUT2D eigenvalue weighted by Gasteiger charge is -2.29. The van der Waals surface area contributed by atoms with Gasteiger partial charge in [0.2, 0.25) is 0 Å². The van der Waals surface area contributed by atoms with Gasteiger partial charge in [0.1, 0.15) is 0 Å². The van der Waals surface area contributed by atoms with Gasteiger partial charge in [0.25, 0.3) is 0 Å². The number of rotatable bonds is 8. The summed E-state index contributed by atoms with van der Waals surface area (Å²) in [5, 5.41) is 0. The van der Waals surface area contributed by atoms with Crippen LogP contribution in [0.2, 0.25) is 23.7 Å². The first-order valence-corrected chi connectivity index (χ1v) is 8.39. The van der Waals surface area contributed by atoms with E-state index in [1.807, 2.05) is 0 Å². The molecule has 0 aromatic rings. The van der Waals surface area contributed by atoms with E-state index < -0.39 is 8.07 Å². The lowest BCUT2D eigenvalue weighted by atomic mass is 10.4. The highest BCUT2D eigenvalue weighted by Gasteiger charge is 2.50. The zero-order valence-electron chi connectivity index (χ0n) is 9.62. The molecule has 0 amide bonds. The molecule has 2 unspecified atom stereocenters. The molecule has 1 rings (SSSR count). The Morgan fingerprint density at radius 3 is 1.67 bits per heavy atom. The maximum atomic E-state index is 3.91. The van der Waals surface area contributed by atoms with Gasteiger partial charge < -0.3 is 0 Å². The van der Waals surface area contributed by atoms with Crippen molar-refractivity contribution >= 4 is 8.07 Å². The molecular formula is C14H22Si. The molecule has 0 aromatic carbocycles.